The highest BCUT2D eigenvalue weighted by Gasteiger charge is 2.46. The Balaban J connectivity index is 0.000000190. The van der Waals surface area contributed by atoms with Crippen LogP contribution in [0.4, 0.5) is 9.59 Å². The third-order valence-electron chi connectivity index (χ3n) is 18.4. The second kappa shape index (κ2) is 37.2. The highest BCUT2D eigenvalue weighted by atomic mass is 79.9. The number of halogens is 1. The topological polar surface area (TPSA) is 336 Å². The molecular formula is C68H91BrN6O22S2. The maximum absolute atomic E-state index is 14.1. The van der Waals surface area contributed by atoms with Crippen molar-refractivity contribution in [2.24, 2.45) is 11.8 Å². The van der Waals surface area contributed by atoms with Crippen LogP contribution < -0.4 is 15.4 Å². The van der Waals surface area contributed by atoms with E-state index in [0.29, 0.717) is 90.2 Å². The lowest BCUT2D eigenvalue weighted by molar-refractivity contribution is -0.145. The zero-order valence-electron chi connectivity index (χ0n) is 55.2. The van der Waals surface area contributed by atoms with E-state index in [1.807, 2.05) is 60.7 Å². The number of phenolic OH excluding ortho intramolecular Hbond substituents is 1. The van der Waals surface area contributed by atoms with Crippen LogP contribution in [0.1, 0.15) is 75.3 Å². The predicted molar refractivity (Wildman–Crippen MR) is 357 cm³/mol. The minimum absolute atomic E-state index is 0.0500. The average molecular weight is 1490 g/mol. The van der Waals surface area contributed by atoms with Crippen LogP contribution in [0, 0.1) is 11.8 Å². The molecule has 4 aromatic carbocycles. The smallest absolute Gasteiger partial charge is 0.407 e. The highest BCUT2D eigenvalue weighted by molar-refractivity contribution is 9.09. The number of aliphatic hydroxyl groups is 2. The zero-order chi connectivity index (χ0) is 69.7. The van der Waals surface area contributed by atoms with Gasteiger partial charge in [0.25, 0.3) is 26.0 Å². The molecule has 31 heteroatoms. The largest absolute Gasteiger partial charge is 0.508 e. The van der Waals surface area contributed by atoms with Gasteiger partial charge in [0, 0.05) is 32.2 Å². The summed E-state index contributed by atoms with van der Waals surface area (Å²) in [5.41, 5.74) is 1.65. The molecule has 2 saturated carbocycles. The van der Waals surface area contributed by atoms with Crippen molar-refractivity contribution in [2.45, 2.75) is 148 Å². The van der Waals surface area contributed by atoms with Gasteiger partial charge in [-0.15, -0.1) is 0 Å². The summed E-state index contributed by atoms with van der Waals surface area (Å²) < 4.78 is 107. The molecule has 0 spiro atoms. The SMILES string of the molecule is O=C(CBr)N1CCOCC1.O=C(N[C@@H](Cc1ccccc1)[C@H](O)CN(OC1CCCC1)S(=O)(=O)c1cccc(O)c1)OC1CO[C@H]2OCC[C@@H]12.O=C(N[C@@H](Cc1ccccc1)[C@H](O)CN(OC1CCCC1)S(=O)(=O)c1cccc(OCC(=O)N2CCOCC2)c1)OC1CO[C@H]2OCC[C@@H]12. The van der Waals surface area contributed by atoms with Gasteiger partial charge in [-0.3, -0.25) is 19.3 Å². The van der Waals surface area contributed by atoms with E-state index in [1.54, 1.807) is 15.9 Å². The molecule has 0 aromatic heterocycles. The number of fused-ring (bicyclic) bond motifs is 2. The molecule has 2 aliphatic carbocycles. The summed E-state index contributed by atoms with van der Waals surface area (Å²) in [6.45, 7) is 5.01. The fraction of sp³-hybridized carbons (Fsp3) is 0.588. The quantitative estimate of drug-likeness (QED) is 0.0398. The number of morpholine rings is 2. The van der Waals surface area contributed by atoms with E-state index in [0.717, 1.165) is 71.3 Å². The predicted octanol–water partition coefficient (Wildman–Crippen LogP) is 5.21. The second-order valence-corrected chi connectivity index (χ2v) is 29.6. The molecule has 2 unspecified atom stereocenters. The Morgan fingerprint density at radius 1 is 0.545 bits per heavy atom. The number of rotatable bonds is 26. The van der Waals surface area contributed by atoms with Gasteiger partial charge in [0.05, 0.1) is 129 Å². The first-order valence-corrected chi connectivity index (χ1v) is 37.9. The van der Waals surface area contributed by atoms with E-state index >= 15 is 0 Å². The number of hydrogen-bond donors (Lipinski definition) is 5. The number of alkyl halides is 1. The molecule has 0 bridgehead atoms. The van der Waals surface area contributed by atoms with Crippen molar-refractivity contribution in [3.63, 3.8) is 0 Å². The van der Waals surface area contributed by atoms with Crippen LogP contribution in [0.2, 0.25) is 0 Å². The number of alkyl carbamates (subject to hydrolysis) is 2. The van der Waals surface area contributed by atoms with Crippen LogP contribution in [0.5, 0.6) is 11.5 Å². The molecule has 4 amide bonds. The van der Waals surface area contributed by atoms with Crippen LogP contribution in [0.15, 0.2) is 119 Å². The van der Waals surface area contributed by atoms with Gasteiger partial charge in [0.1, 0.15) is 23.7 Å². The van der Waals surface area contributed by atoms with E-state index in [1.165, 1.54) is 36.4 Å². The van der Waals surface area contributed by atoms with Crippen molar-refractivity contribution in [3.05, 3.63) is 120 Å². The Labute approximate surface area is 585 Å². The fourth-order valence-corrected chi connectivity index (χ4v) is 15.9. The molecule has 6 heterocycles. The lowest BCUT2D eigenvalue weighted by Gasteiger charge is -2.31. The molecule has 8 fully saturated rings. The van der Waals surface area contributed by atoms with Gasteiger partial charge in [-0.05, 0) is 92.8 Å². The van der Waals surface area contributed by atoms with Gasteiger partial charge in [0.15, 0.2) is 19.2 Å². The molecule has 0 radical (unpaired) electrons. The fourth-order valence-electron chi connectivity index (χ4n) is 12.9. The molecule has 4 aromatic rings. The summed E-state index contributed by atoms with van der Waals surface area (Å²) in [6, 6.07) is 27.8. The normalized spacial score (nSPS) is 23.8. The van der Waals surface area contributed by atoms with Gasteiger partial charge >= 0.3 is 12.2 Å². The Kier molecular flexibility index (Phi) is 28.3. The molecule has 28 nitrogen and oxygen atoms in total. The average Bonchev–Trinajstić information content (AvgIpc) is 1.70. The Morgan fingerprint density at radius 3 is 1.42 bits per heavy atom. The number of benzene rings is 4. The number of hydroxylamine groups is 2. The van der Waals surface area contributed by atoms with Gasteiger partial charge in [-0.25, -0.2) is 26.4 Å². The number of sulfonamides is 2. The number of carbonyl (C=O) groups excluding carboxylic acids is 4. The molecule has 99 heavy (non-hydrogen) atoms. The first kappa shape index (κ1) is 75.5. The standard InChI is InChI=1S/C34H45N3O11S.C28H36N2O9S.C6H10BrNO2/c38-30(29(19-24-7-2-1-3-8-24)35-34(40)47-31-22-46-33-28(31)13-16-44-33)21-37(48-25-9-4-5-10-25)49(41,42)27-12-6-11-26(20-27)45-23-32(39)36-14-17-43-18-15-36;31-20-9-6-12-22(16-20)40(34,35)30(39-21-10-4-5-11-21)17-25(32)24(15-19-7-2-1-3-8-19)29-28(33)38-26-18-37-27-23(26)13-14-36-27;7-5-6(9)8-1-3-10-4-2-8/h1-3,6-8,11-12,20,25,28-31,33,38H,4-5,9-10,13-19,21-23H2,(H,35,40);1-3,6-9,12,16,21,23-27,31-32H,4-5,10-11,13-15,17-18H2,(H,29,33);1-5H2/t28-,29-,30+,31?,33+;23-,24-,25+,26?,27+;/m00./s1. The van der Waals surface area contributed by atoms with E-state index < -0.39 is 88.1 Å². The van der Waals surface area contributed by atoms with Crippen LogP contribution in [0.25, 0.3) is 0 Å². The number of aliphatic hydroxyl groups excluding tert-OH is 2. The molecule has 12 rings (SSSR count). The van der Waals surface area contributed by atoms with Gasteiger partial charge < -0.3 is 78.4 Å². The number of carbonyl (C=O) groups is 4. The Morgan fingerprint density at radius 2 is 0.980 bits per heavy atom. The van der Waals surface area contributed by atoms with Crippen molar-refractivity contribution < 1.29 is 104 Å². The summed E-state index contributed by atoms with van der Waals surface area (Å²) in [4.78, 5) is 64.9. The number of hydrogen-bond acceptors (Lipinski definition) is 22. The minimum atomic E-state index is -4.34. The molecule has 8 aliphatic rings. The van der Waals surface area contributed by atoms with Crippen molar-refractivity contribution in [1.82, 2.24) is 29.4 Å². The minimum Gasteiger partial charge on any atom is -0.508 e. The Hall–Kier alpha value is -6.14. The third-order valence-corrected chi connectivity index (χ3v) is 22.1. The van der Waals surface area contributed by atoms with Crippen LogP contribution in [-0.4, -0.2) is 240 Å². The van der Waals surface area contributed by atoms with Crippen molar-refractivity contribution in [3.8, 4) is 11.5 Å². The van der Waals surface area contributed by atoms with Crippen molar-refractivity contribution >= 4 is 60.0 Å². The van der Waals surface area contributed by atoms with E-state index in [2.05, 4.69) is 26.6 Å². The molecule has 5 N–H and O–H groups in total. The third kappa shape index (κ3) is 21.7. The number of amides is 4. The number of nitrogens with one attached hydrogen (secondary N) is 2. The van der Waals surface area contributed by atoms with E-state index in [4.69, 9.17) is 52.3 Å². The molecule has 6 saturated heterocycles. The second-order valence-electron chi connectivity index (χ2n) is 25.3. The summed E-state index contributed by atoms with van der Waals surface area (Å²) in [7, 11) is -8.60. The maximum atomic E-state index is 14.1. The maximum Gasteiger partial charge on any atom is 0.407 e. The lowest BCUT2D eigenvalue weighted by atomic mass is 10.0. The lowest BCUT2D eigenvalue weighted by Crippen LogP contribution is -2.51. The number of aromatic hydroxyl groups is 1. The monoisotopic (exact) mass is 1490 g/mol. The summed E-state index contributed by atoms with van der Waals surface area (Å²) >= 11 is 3.12. The number of phenols is 1. The van der Waals surface area contributed by atoms with Crippen molar-refractivity contribution in [1.29, 1.82) is 0 Å². The van der Waals surface area contributed by atoms with E-state index in [-0.39, 0.29) is 96.1 Å². The molecule has 544 valence electrons. The first-order valence-electron chi connectivity index (χ1n) is 33.9. The van der Waals surface area contributed by atoms with Gasteiger partial charge in [0.2, 0.25) is 5.91 Å². The summed E-state index contributed by atoms with van der Waals surface area (Å²) in [5.74, 6) is -0.200. The Bertz CT molecular complexity index is 3440. The first-order chi connectivity index (χ1) is 47.9. The van der Waals surface area contributed by atoms with E-state index in [9.17, 15) is 51.3 Å². The van der Waals surface area contributed by atoms with Gasteiger partial charge in [-0.2, -0.15) is 0 Å². The highest BCUT2D eigenvalue weighted by Crippen LogP contribution is 2.35. The summed E-state index contributed by atoms with van der Waals surface area (Å²) in [6.07, 6.45) is 1.50. The van der Waals surface area contributed by atoms with Crippen LogP contribution >= 0.6 is 15.9 Å². The van der Waals surface area contributed by atoms with Crippen LogP contribution in [-0.2, 0) is 90.0 Å². The number of ether oxygens (including phenoxy) is 9. The van der Waals surface area contributed by atoms with Crippen molar-refractivity contribution in [2.75, 3.05) is 104 Å². The molecule has 6 aliphatic heterocycles. The van der Waals surface area contributed by atoms with Crippen LogP contribution in [0.3, 0.4) is 0 Å². The number of nitrogens with zero attached hydrogens (tertiary/aromatic N) is 4. The molecular weight excluding hydrogens is 1400 g/mol. The van der Waals surface area contributed by atoms with Gasteiger partial charge in [-0.1, -0.05) is 123 Å². The molecule has 10 atom stereocenters. The zero-order valence-corrected chi connectivity index (χ0v) is 58.4. The summed E-state index contributed by atoms with van der Waals surface area (Å²) in [5, 5.41) is 38.9.